The lowest BCUT2D eigenvalue weighted by atomic mass is 9.85. The van der Waals surface area contributed by atoms with E-state index in [0.29, 0.717) is 30.6 Å². The molecule has 1 aromatic rings. The van der Waals surface area contributed by atoms with Gasteiger partial charge in [0.05, 0.1) is 0 Å². The van der Waals surface area contributed by atoms with Gasteiger partial charge in [0, 0.05) is 37.7 Å². The maximum absolute atomic E-state index is 13.5. The van der Waals surface area contributed by atoms with E-state index in [1.54, 1.807) is 17.0 Å². The SMILES string of the molecule is CCC1=N[C@@]2(CC[C@@H]3CN(C(=O)Nc4ccc(F)cc4)C[C@@H]32)C(=O)N1CC1CC1. The molecule has 2 saturated carbocycles. The van der Waals surface area contributed by atoms with Gasteiger partial charge in [-0.3, -0.25) is 14.7 Å². The minimum Gasteiger partial charge on any atom is -0.324 e. The summed E-state index contributed by atoms with van der Waals surface area (Å²) in [7, 11) is 0. The number of carbonyl (C=O) groups is 2. The Hall–Kier alpha value is -2.44. The maximum atomic E-state index is 13.5. The van der Waals surface area contributed by atoms with Crippen molar-refractivity contribution in [3.63, 3.8) is 0 Å². The predicted octanol–water partition coefficient (Wildman–Crippen LogP) is 3.50. The maximum Gasteiger partial charge on any atom is 0.321 e. The monoisotopic (exact) mass is 398 g/mol. The number of fused-ring (bicyclic) bond motifs is 2. The number of rotatable bonds is 4. The summed E-state index contributed by atoms with van der Waals surface area (Å²) in [6.45, 7) is 4.06. The van der Waals surface area contributed by atoms with Crippen molar-refractivity contribution in [3.05, 3.63) is 30.1 Å². The van der Waals surface area contributed by atoms with E-state index in [-0.39, 0.29) is 23.7 Å². The fourth-order valence-electron chi connectivity index (χ4n) is 5.31. The number of amides is 3. The van der Waals surface area contributed by atoms with Gasteiger partial charge in [-0.05, 0) is 61.8 Å². The zero-order valence-corrected chi connectivity index (χ0v) is 16.7. The highest BCUT2D eigenvalue weighted by molar-refractivity contribution is 6.08. The summed E-state index contributed by atoms with van der Waals surface area (Å²) in [5.41, 5.74) is -0.0995. The van der Waals surface area contributed by atoms with Crippen LogP contribution in [0.4, 0.5) is 14.9 Å². The molecule has 3 fully saturated rings. The van der Waals surface area contributed by atoms with E-state index in [1.165, 1.54) is 25.0 Å². The highest BCUT2D eigenvalue weighted by atomic mass is 19.1. The molecule has 4 aliphatic rings. The lowest BCUT2D eigenvalue weighted by molar-refractivity contribution is -0.132. The first-order valence-electron chi connectivity index (χ1n) is 10.7. The van der Waals surface area contributed by atoms with E-state index < -0.39 is 5.54 Å². The van der Waals surface area contributed by atoms with Crippen LogP contribution in [0.2, 0.25) is 0 Å². The molecule has 6 nitrogen and oxygen atoms in total. The molecular weight excluding hydrogens is 371 g/mol. The molecule has 2 heterocycles. The average molecular weight is 398 g/mol. The van der Waals surface area contributed by atoms with Gasteiger partial charge in [-0.15, -0.1) is 0 Å². The summed E-state index contributed by atoms with van der Waals surface area (Å²) in [5, 5.41) is 2.84. The Kier molecular flexibility index (Phi) is 4.37. The molecule has 1 saturated heterocycles. The van der Waals surface area contributed by atoms with Gasteiger partial charge >= 0.3 is 6.03 Å². The molecule has 1 N–H and O–H groups in total. The Morgan fingerprint density at radius 3 is 2.69 bits per heavy atom. The largest absolute Gasteiger partial charge is 0.324 e. The number of nitrogens with one attached hydrogen (secondary N) is 1. The third-order valence-corrected chi connectivity index (χ3v) is 7.04. The van der Waals surface area contributed by atoms with Crippen LogP contribution in [0.25, 0.3) is 0 Å². The van der Waals surface area contributed by atoms with Gasteiger partial charge in [0.2, 0.25) is 0 Å². The summed E-state index contributed by atoms with van der Waals surface area (Å²) in [6, 6.07) is 5.58. The quantitative estimate of drug-likeness (QED) is 0.844. The van der Waals surface area contributed by atoms with Crippen LogP contribution in [0.15, 0.2) is 29.3 Å². The first kappa shape index (κ1) is 18.6. The van der Waals surface area contributed by atoms with Gasteiger partial charge in [0.15, 0.2) is 0 Å². The zero-order chi connectivity index (χ0) is 20.2. The number of anilines is 1. The van der Waals surface area contributed by atoms with Crippen molar-refractivity contribution in [2.24, 2.45) is 22.7 Å². The summed E-state index contributed by atoms with van der Waals surface area (Å²) < 4.78 is 13.1. The molecule has 0 unspecified atom stereocenters. The van der Waals surface area contributed by atoms with Gasteiger partial charge in [-0.1, -0.05) is 6.92 Å². The Bertz CT molecular complexity index is 866. The molecule has 7 heteroatoms. The molecule has 1 aromatic carbocycles. The first-order valence-corrected chi connectivity index (χ1v) is 10.7. The number of halogens is 1. The fourth-order valence-corrected chi connectivity index (χ4v) is 5.31. The lowest BCUT2D eigenvalue weighted by Crippen LogP contribution is -2.47. The smallest absolute Gasteiger partial charge is 0.321 e. The highest BCUT2D eigenvalue weighted by Gasteiger charge is 2.61. The Morgan fingerprint density at radius 2 is 2.00 bits per heavy atom. The van der Waals surface area contributed by atoms with Crippen molar-refractivity contribution in [2.75, 3.05) is 25.0 Å². The number of hydrogen-bond acceptors (Lipinski definition) is 3. The van der Waals surface area contributed by atoms with Crippen LogP contribution in [0.3, 0.4) is 0 Å². The highest BCUT2D eigenvalue weighted by Crippen LogP contribution is 2.51. The van der Waals surface area contributed by atoms with E-state index >= 15 is 0 Å². The van der Waals surface area contributed by atoms with E-state index in [4.69, 9.17) is 4.99 Å². The minimum absolute atomic E-state index is 0.0831. The molecule has 0 bridgehead atoms. The second-order valence-corrected chi connectivity index (χ2v) is 8.91. The van der Waals surface area contributed by atoms with E-state index in [0.717, 1.165) is 31.6 Å². The zero-order valence-electron chi connectivity index (χ0n) is 16.7. The van der Waals surface area contributed by atoms with Crippen LogP contribution in [-0.2, 0) is 4.79 Å². The predicted molar refractivity (Wildman–Crippen MR) is 108 cm³/mol. The third kappa shape index (κ3) is 3.11. The number of nitrogens with zero attached hydrogens (tertiary/aromatic N) is 3. The number of urea groups is 1. The van der Waals surface area contributed by atoms with Gasteiger partial charge in [-0.25, -0.2) is 9.18 Å². The molecule has 29 heavy (non-hydrogen) atoms. The van der Waals surface area contributed by atoms with Crippen molar-refractivity contribution in [2.45, 2.75) is 44.6 Å². The molecule has 1 spiro atoms. The van der Waals surface area contributed by atoms with E-state index in [9.17, 15) is 14.0 Å². The van der Waals surface area contributed by atoms with Crippen LogP contribution in [-0.4, -0.2) is 52.7 Å². The molecule has 3 atom stereocenters. The van der Waals surface area contributed by atoms with Crippen molar-refractivity contribution in [1.82, 2.24) is 9.80 Å². The molecular formula is C22H27FN4O2. The van der Waals surface area contributed by atoms with Crippen LogP contribution in [0.5, 0.6) is 0 Å². The second kappa shape index (κ2) is 6.82. The third-order valence-electron chi connectivity index (χ3n) is 7.04. The molecule has 154 valence electrons. The van der Waals surface area contributed by atoms with Crippen molar-refractivity contribution in [3.8, 4) is 0 Å². The van der Waals surface area contributed by atoms with Crippen molar-refractivity contribution in [1.29, 1.82) is 0 Å². The summed E-state index contributed by atoms with van der Waals surface area (Å²) in [4.78, 5) is 34.9. The molecule has 2 aliphatic heterocycles. The number of likely N-dealkylation sites (tertiary alicyclic amines) is 1. The van der Waals surface area contributed by atoms with Crippen LogP contribution >= 0.6 is 0 Å². The minimum atomic E-state index is -0.671. The average Bonchev–Trinajstić information content (AvgIpc) is 3.22. The molecule has 0 radical (unpaired) electrons. The number of amidine groups is 1. The fraction of sp³-hybridized carbons (Fsp3) is 0.591. The molecule has 3 amide bonds. The van der Waals surface area contributed by atoms with Crippen LogP contribution in [0, 0.1) is 23.6 Å². The topological polar surface area (TPSA) is 65.0 Å². The Balaban J connectivity index is 1.31. The summed E-state index contributed by atoms with van der Waals surface area (Å²) in [6.07, 6.45) is 4.90. The van der Waals surface area contributed by atoms with Gasteiger partial charge in [0.1, 0.15) is 17.2 Å². The molecule has 2 aliphatic carbocycles. The Labute approximate surface area is 170 Å². The van der Waals surface area contributed by atoms with Crippen LogP contribution in [0.1, 0.15) is 39.0 Å². The molecule has 5 rings (SSSR count). The summed E-state index contributed by atoms with van der Waals surface area (Å²) >= 11 is 0. The Morgan fingerprint density at radius 1 is 1.24 bits per heavy atom. The van der Waals surface area contributed by atoms with Crippen LogP contribution < -0.4 is 5.32 Å². The van der Waals surface area contributed by atoms with Gasteiger partial charge < -0.3 is 10.2 Å². The number of hydrogen-bond donors (Lipinski definition) is 1. The summed E-state index contributed by atoms with van der Waals surface area (Å²) in [5.74, 6) is 1.78. The standard InChI is InChI=1S/C22H27FN4O2/c1-2-19-25-22(20(28)27(19)11-14-3-4-14)10-9-15-12-26(13-18(15)22)21(29)24-17-7-5-16(23)6-8-17/h5-8,14-15,18H,2-4,9-13H2,1H3,(H,24,29)/t15-,18+,22-/m1/s1. The van der Waals surface area contributed by atoms with Gasteiger partial charge in [0.25, 0.3) is 5.91 Å². The first-order chi connectivity index (χ1) is 14.0. The number of carbonyl (C=O) groups excluding carboxylic acids is 2. The van der Waals surface area contributed by atoms with E-state index in [2.05, 4.69) is 12.2 Å². The van der Waals surface area contributed by atoms with Gasteiger partial charge in [-0.2, -0.15) is 0 Å². The second-order valence-electron chi connectivity index (χ2n) is 8.91. The lowest BCUT2D eigenvalue weighted by Gasteiger charge is -2.28. The van der Waals surface area contributed by atoms with E-state index in [1.807, 2.05) is 4.90 Å². The normalized spacial score (nSPS) is 30.8. The number of benzene rings is 1. The molecule has 0 aromatic heterocycles. The number of aliphatic imine (C=N–C) groups is 1. The van der Waals surface area contributed by atoms with Crippen molar-refractivity contribution < 1.29 is 14.0 Å². The van der Waals surface area contributed by atoms with Crippen molar-refractivity contribution >= 4 is 23.5 Å².